The second-order valence-corrected chi connectivity index (χ2v) is 6.67. The number of methoxy groups -OCH3 is 2. The fraction of sp³-hybridized carbons (Fsp3) is 0.120. The molecular formula is C25H22N2O2. The minimum absolute atomic E-state index is 0.608. The summed E-state index contributed by atoms with van der Waals surface area (Å²) in [5.41, 5.74) is 3.59. The van der Waals surface area contributed by atoms with Crippen LogP contribution >= 0.6 is 0 Å². The van der Waals surface area contributed by atoms with Crippen molar-refractivity contribution < 1.29 is 9.47 Å². The zero-order valence-corrected chi connectivity index (χ0v) is 16.4. The van der Waals surface area contributed by atoms with Gasteiger partial charge in [0.05, 0.1) is 25.3 Å². The van der Waals surface area contributed by atoms with Crippen molar-refractivity contribution in [3.63, 3.8) is 0 Å². The summed E-state index contributed by atoms with van der Waals surface area (Å²) in [5, 5.41) is 0. The molecule has 1 aromatic heterocycles. The molecule has 0 spiro atoms. The van der Waals surface area contributed by atoms with Crippen molar-refractivity contribution in [1.82, 2.24) is 9.97 Å². The average Bonchev–Trinajstić information content (AvgIpc) is 2.82. The van der Waals surface area contributed by atoms with Gasteiger partial charge < -0.3 is 9.47 Å². The molecule has 4 nitrogen and oxygen atoms in total. The van der Waals surface area contributed by atoms with Crippen molar-refractivity contribution in [3.8, 4) is 11.5 Å². The third-order valence-electron chi connectivity index (χ3n) is 5.22. The van der Waals surface area contributed by atoms with Gasteiger partial charge in [-0.1, -0.05) is 54.6 Å². The Bertz CT molecular complexity index is 958. The zero-order chi connectivity index (χ0) is 20.1. The lowest BCUT2D eigenvalue weighted by molar-refractivity contribution is 0.414. The van der Waals surface area contributed by atoms with Crippen LogP contribution in [0, 0.1) is 0 Å². The van der Waals surface area contributed by atoms with E-state index in [0.29, 0.717) is 0 Å². The summed E-state index contributed by atoms with van der Waals surface area (Å²) in [4.78, 5) is 8.84. The molecule has 0 unspecified atom stereocenters. The van der Waals surface area contributed by atoms with E-state index in [1.165, 1.54) is 0 Å². The van der Waals surface area contributed by atoms with Crippen LogP contribution in [0.4, 0.5) is 0 Å². The van der Waals surface area contributed by atoms with E-state index in [-0.39, 0.29) is 0 Å². The van der Waals surface area contributed by atoms with E-state index in [0.717, 1.165) is 33.9 Å². The first kappa shape index (κ1) is 18.7. The fourth-order valence-corrected chi connectivity index (χ4v) is 3.83. The molecule has 4 rings (SSSR count). The Hall–Kier alpha value is -3.66. The van der Waals surface area contributed by atoms with Crippen molar-refractivity contribution in [2.75, 3.05) is 14.2 Å². The quantitative estimate of drug-likeness (QED) is 0.446. The van der Waals surface area contributed by atoms with E-state index >= 15 is 0 Å². The zero-order valence-electron chi connectivity index (χ0n) is 16.4. The minimum Gasteiger partial charge on any atom is -0.497 e. The van der Waals surface area contributed by atoms with Crippen molar-refractivity contribution in [2.24, 2.45) is 0 Å². The van der Waals surface area contributed by atoms with Gasteiger partial charge in [-0.3, -0.25) is 0 Å². The standard InChI is InChI=1S/C25H22N2O2/c1-28-22-12-8-20(9-13-22)25(19-6-4-3-5-7-19,24-16-17-26-18-27-24)21-10-14-23(29-2)15-11-21/h3-18H,1-2H3. The topological polar surface area (TPSA) is 44.2 Å². The molecule has 0 aliphatic carbocycles. The van der Waals surface area contributed by atoms with E-state index in [4.69, 9.17) is 14.5 Å². The number of aromatic nitrogens is 2. The van der Waals surface area contributed by atoms with Gasteiger partial charge in [0.15, 0.2) is 0 Å². The summed E-state index contributed by atoms with van der Waals surface area (Å²) in [6.45, 7) is 0. The number of hydrogen-bond acceptors (Lipinski definition) is 4. The number of ether oxygens (including phenoxy) is 2. The third-order valence-corrected chi connectivity index (χ3v) is 5.22. The predicted molar refractivity (Wildman–Crippen MR) is 113 cm³/mol. The highest BCUT2D eigenvalue weighted by atomic mass is 16.5. The summed E-state index contributed by atoms with van der Waals surface area (Å²) < 4.78 is 10.8. The van der Waals surface area contributed by atoms with E-state index < -0.39 is 5.41 Å². The average molecular weight is 382 g/mol. The largest absolute Gasteiger partial charge is 0.497 e. The highest BCUT2D eigenvalue weighted by Gasteiger charge is 2.39. The Morgan fingerprint density at radius 1 is 0.621 bits per heavy atom. The molecule has 3 aromatic carbocycles. The Labute approximate surface area is 170 Å². The number of nitrogens with zero attached hydrogens (tertiary/aromatic N) is 2. The van der Waals surface area contributed by atoms with Crippen molar-refractivity contribution in [1.29, 1.82) is 0 Å². The van der Waals surface area contributed by atoms with Crippen molar-refractivity contribution in [2.45, 2.75) is 5.41 Å². The molecule has 0 atom stereocenters. The summed E-state index contributed by atoms with van der Waals surface area (Å²) in [6, 6.07) is 28.7. The first-order valence-corrected chi connectivity index (χ1v) is 9.40. The van der Waals surface area contributed by atoms with Gasteiger partial charge >= 0.3 is 0 Å². The molecule has 144 valence electrons. The van der Waals surface area contributed by atoms with Crippen LogP contribution in [-0.2, 0) is 5.41 Å². The minimum atomic E-state index is -0.608. The molecule has 0 fully saturated rings. The van der Waals surface area contributed by atoms with Crippen LogP contribution < -0.4 is 9.47 Å². The maximum atomic E-state index is 5.39. The fourth-order valence-electron chi connectivity index (χ4n) is 3.83. The van der Waals surface area contributed by atoms with Gasteiger partial charge in [0, 0.05) is 6.20 Å². The van der Waals surface area contributed by atoms with Gasteiger partial charge in [-0.15, -0.1) is 0 Å². The third kappa shape index (κ3) is 3.34. The first-order valence-electron chi connectivity index (χ1n) is 9.40. The Morgan fingerprint density at radius 2 is 1.14 bits per heavy atom. The van der Waals surface area contributed by atoms with E-state index in [2.05, 4.69) is 53.5 Å². The molecule has 0 saturated carbocycles. The van der Waals surface area contributed by atoms with Crippen LogP contribution in [0.5, 0.6) is 11.5 Å². The van der Waals surface area contributed by atoms with Crippen molar-refractivity contribution in [3.05, 3.63) is 120 Å². The van der Waals surface area contributed by atoms with Crippen LogP contribution in [0.25, 0.3) is 0 Å². The molecule has 4 aromatic rings. The molecule has 29 heavy (non-hydrogen) atoms. The molecule has 0 aliphatic heterocycles. The predicted octanol–water partition coefficient (Wildman–Crippen LogP) is 4.88. The normalized spacial score (nSPS) is 11.1. The SMILES string of the molecule is COc1ccc(C(c2ccccc2)(c2ccc(OC)cc2)c2ccncn2)cc1. The van der Waals surface area contributed by atoms with Crippen LogP contribution in [0.1, 0.15) is 22.4 Å². The Kier molecular flexibility index (Phi) is 5.25. The van der Waals surface area contributed by atoms with Gasteiger partial charge in [-0.25, -0.2) is 9.97 Å². The molecule has 0 bridgehead atoms. The molecule has 0 amide bonds. The number of hydrogen-bond donors (Lipinski definition) is 0. The van der Waals surface area contributed by atoms with Crippen LogP contribution in [0.3, 0.4) is 0 Å². The van der Waals surface area contributed by atoms with E-state index in [9.17, 15) is 0 Å². The monoisotopic (exact) mass is 382 g/mol. The summed E-state index contributed by atoms with van der Waals surface area (Å²) in [5.74, 6) is 1.63. The highest BCUT2D eigenvalue weighted by molar-refractivity contribution is 5.58. The molecule has 0 radical (unpaired) electrons. The van der Waals surface area contributed by atoms with Gasteiger partial charge in [0.2, 0.25) is 0 Å². The van der Waals surface area contributed by atoms with Crippen LogP contribution in [0.2, 0.25) is 0 Å². The lowest BCUT2D eigenvalue weighted by Gasteiger charge is -2.35. The van der Waals surface area contributed by atoms with Gasteiger partial charge in [-0.2, -0.15) is 0 Å². The second-order valence-electron chi connectivity index (χ2n) is 6.67. The molecule has 4 heteroatoms. The Balaban J connectivity index is 2.06. The maximum Gasteiger partial charge on any atom is 0.118 e. The van der Waals surface area contributed by atoms with Gasteiger partial charge in [-0.05, 0) is 47.0 Å². The number of benzene rings is 3. The second kappa shape index (κ2) is 8.15. The van der Waals surface area contributed by atoms with Crippen LogP contribution in [-0.4, -0.2) is 24.2 Å². The molecule has 1 heterocycles. The molecular weight excluding hydrogens is 360 g/mol. The van der Waals surface area contributed by atoms with Crippen LogP contribution in [0.15, 0.2) is 97.5 Å². The summed E-state index contributed by atoms with van der Waals surface area (Å²) in [6.07, 6.45) is 3.38. The van der Waals surface area contributed by atoms with Gasteiger partial charge in [0.25, 0.3) is 0 Å². The van der Waals surface area contributed by atoms with Gasteiger partial charge in [0.1, 0.15) is 17.8 Å². The summed E-state index contributed by atoms with van der Waals surface area (Å²) >= 11 is 0. The van der Waals surface area contributed by atoms with Crippen molar-refractivity contribution >= 4 is 0 Å². The lowest BCUT2D eigenvalue weighted by atomic mass is 9.67. The molecule has 0 saturated heterocycles. The smallest absolute Gasteiger partial charge is 0.118 e. The highest BCUT2D eigenvalue weighted by Crippen LogP contribution is 2.44. The maximum absolute atomic E-state index is 5.39. The van der Waals surface area contributed by atoms with E-state index in [1.54, 1.807) is 26.7 Å². The molecule has 0 N–H and O–H groups in total. The first-order chi connectivity index (χ1) is 14.3. The summed E-state index contributed by atoms with van der Waals surface area (Å²) in [7, 11) is 3.35. The van der Waals surface area contributed by atoms with E-state index in [1.807, 2.05) is 36.4 Å². The Morgan fingerprint density at radius 3 is 1.59 bits per heavy atom. The lowest BCUT2D eigenvalue weighted by Crippen LogP contribution is -2.32. The number of rotatable bonds is 6. The molecule has 0 aliphatic rings.